The van der Waals surface area contributed by atoms with Gasteiger partial charge in [0.05, 0.1) is 12.0 Å². The highest BCUT2D eigenvalue weighted by molar-refractivity contribution is 7.99. The van der Waals surface area contributed by atoms with Crippen LogP contribution in [0.1, 0.15) is 16.7 Å². The summed E-state index contributed by atoms with van der Waals surface area (Å²) in [5, 5.41) is 4.01. The van der Waals surface area contributed by atoms with Crippen LogP contribution < -0.4 is 10.3 Å². The highest BCUT2D eigenvalue weighted by atomic mass is 32.2. The SMILES string of the molecule is Cc1ccccc1CSCC(=O)N/N=C\c1ccc(N(C)C)cc1. The van der Waals surface area contributed by atoms with Gasteiger partial charge in [0.2, 0.25) is 5.91 Å². The number of aryl methyl sites for hydroxylation is 1. The third kappa shape index (κ3) is 5.74. The van der Waals surface area contributed by atoms with E-state index in [2.05, 4.69) is 29.6 Å². The standard InChI is InChI=1S/C19H23N3OS/c1-15-6-4-5-7-17(15)13-24-14-19(23)21-20-12-16-8-10-18(11-9-16)22(2)3/h4-12H,13-14H2,1-3H3,(H,21,23)/b20-12-. The maximum Gasteiger partial charge on any atom is 0.250 e. The molecule has 0 spiro atoms. The lowest BCUT2D eigenvalue weighted by atomic mass is 10.1. The van der Waals surface area contributed by atoms with Crippen molar-refractivity contribution in [3.8, 4) is 0 Å². The summed E-state index contributed by atoms with van der Waals surface area (Å²) >= 11 is 1.59. The van der Waals surface area contributed by atoms with E-state index in [-0.39, 0.29) is 5.91 Å². The van der Waals surface area contributed by atoms with Crippen LogP contribution in [0.15, 0.2) is 53.6 Å². The van der Waals surface area contributed by atoms with Crippen LogP contribution in [0.2, 0.25) is 0 Å². The van der Waals surface area contributed by atoms with Gasteiger partial charge in [-0.1, -0.05) is 36.4 Å². The summed E-state index contributed by atoms with van der Waals surface area (Å²) in [4.78, 5) is 13.8. The zero-order chi connectivity index (χ0) is 17.4. The normalized spacial score (nSPS) is 10.8. The molecule has 5 heteroatoms. The van der Waals surface area contributed by atoms with Crippen LogP contribution in [0.25, 0.3) is 0 Å². The van der Waals surface area contributed by atoms with Gasteiger partial charge < -0.3 is 4.90 Å². The second-order valence-electron chi connectivity index (χ2n) is 5.70. The largest absolute Gasteiger partial charge is 0.378 e. The molecule has 2 aromatic rings. The number of benzene rings is 2. The molecule has 0 saturated carbocycles. The highest BCUT2D eigenvalue weighted by Gasteiger charge is 2.02. The van der Waals surface area contributed by atoms with Crippen LogP contribution >= 0.6 is 11.8 Å². The van der Waals surface area contributed by atoms with Crippen molar-refractivity contribution >= 4 is 29.6 Å². The van der Waals surface area contributed by atoms with Crippen LogP contribution in [0.4, 0.5) is 5.69 Å². The first-order chi connectivity index (χ1) is 11.6. The number of hydrazone groups is 1. The van der Waals surface area contributed by atoms with Crippen molar-refractivity contribution in [2.75, 3.05) is 24.7 Å². The number of hydrogen-bond donors (Lipinski definition) is 1. The van der Waals surface area contributed by atoms with Crippen LogP contribution in [-0.4, -0.2) is 32.0 Å². The quantitative estimate of drug-likeness (QED) is 0.620. The Balaban J connectivity index is 1.73. The predicted molar refractivity (Wildman–Crippen MR) is 104 cm³/mol. The molecule has 126 valence electrons. The van der Waals surface area contributed by atoms with Crippen LogP contribution in [0.3, 0.4) is 0 Å². The van der Waals surface area contributed by atoms with Gasteiger partial charge in [0.25, 0.3) is 0 Å². The maximum atomic E-state index is 11.8. The van der Waals surface area contributed by atoms with E-state index < -0.39 is 0 Å². The number of rotatable bonds is 7. The van der Waals surface area contributed by atoms with Gasteiger partial charge in [-0.3, -0.25) is 4.79 Å². The molecular weight excluding hydrogens is 318 g/mol. The molecule has 0 bridgehead atoms. The first kappa shape index (κ1) is 18.1. The second-order valence-corrected chi connectivity index (χ2v) is 6.68. The third-order valence-corrected chi connectivity index (χ3v) is 4.55. The first-order valence-electron chi connectivity index (χ1n) is 7.78. The van der Waals surface area contributed by atoms with Crippen LogP contribution in [0, 0.1) is 6.92 Å². The van der Waals surface area contributed by atoms with Gasteiger partial charge in [-0.2, -0.15) is 5.10 Å². The molecule has 1 N–H and O–H groups in total. The Hall–Kier alpha value is -2.27. The van der Waals surface area contributed by atoms with E-state index in [0.717, 1.165) is 17.0 Å². The van der Waals surface area contributed by atoms with Gasteiger partial charge in [0, 0.05) is 25.5 Å². The van der Waals surface area contributed by atoms with E-state index in [1.54, 1.807) is 18.0 Å². The predicted octanol–water partition coefficient (Wildman–Crippen LogP) is 3.44. The molecule has 0 heterocycles. The topological polar surface area (TPSA) is 44.7 Å². The molecule has 0 fully saturated rings. The van der Waals surface area contributed by atoms with Crippen molar-refractivity contribution in [2.24, 2.45) is 5.10 Å². The number of nitrogens with one attached hydrogen (secondary N) is 1. The van der Waals surface area contributed by atoms with E-state index in [1.165, 1.54) is 11.1 Å². The van der Waals surface area contributed by atoms with Crippen molar-refractivity contribution in [2.45, 2.75) is 12.7 Å². The maximum absolute atomic E-state index is 11.8. The number of amides is 1. The third-order valence-electron chi connectivity index (χ3n) is 3.56. The number of carbonyl (C=O) groups is 1. The van der Waals surface area contributed by atoms with E-state index in [4.69, 9.17) is 0 Å². The van der Waals surface area contributed by atoms with Gasteiger partial charge in [-0.15, -0.1) is 11.8 Å². The van der Waals surface area contributed by atoms with E-state index in [0.29, 0.717) is 5.75 Å². The number of hydrogen-bond acceptors (Lipinski definition) is 4. The average molecular weight is 341 g/mol. The highest BCUT2D eigenvalue weighted by Crippen LogP contribution is 2.15. The van der Waals surface area contributed by atoms with E-state index >= 15 is 0 Å². The minimum atomic E-state index is -0.0882. The smallest absolute Gasteiger partial charge is 0.250 e. The molecule has 0 aliphatic carbocycles. The summed E-state index contributed by atoms with van der Waals surface area (Å²) in [5.41, 5.74) is 7.17. The Morgan fingerprint density at radius 1 is 1.17 bits per heavy atom. The summed E-state index contributed by atoms with van der Waals surface area (Å²) in [5.74, 6) is 1.14. The molecule has 0 aliphatic heterocycles. The minimum absolute atomic E-state index is 0.0882. The molecule has 0 saturated heterocycles. The van der Waals surface area contributed by atoms with Gasteiger partial charge in [-0.05, 0) is 35.7 Å². The molecule has 4 nitrogen and oxygen atoms in total. The molecule has 0 unspecified atom stereocenters. The molecule has 24 heavy (non-hydrogen) atoms. The van der Waals surface area contributed by atoms with Crippen LogP contribution in [-0.2, 0) is 10.5 Å². The van der Waals surface area contributed by atoms with Gasteiger partial charge in [-0.25, -0.2) is 5.43 Å². The Morgan fingerprint density at radius 2 is 1.88 bits per heavy atom. The summed E-state index contributed by atoms with van der Waals surface area (Å²) < 4.78 is 0. The van der Waals surface area contributed by atoms with Crippen molar-refractivity contribution in [3.05, 3.63) is 65.2 Å². The molecule has 2 aromatic carbocycles. The fourth-order valence-electron chi connectivity index (χ4n) is 2.10. The lowest BCUT2D eigenvalue weighted by Crippen LogP contribution is -2.19. The number of thioether (sulfide) groups is 1. The van der Waals surface area contributed by atoms with Crippen molar-refractivity contribution in [1.29, 1.82) is 0 Å². The van der Waals surface area contributed by atoms with Gasteiger partial charge in [0.1, 0.15) is 0 Å². The minimum Gasteiger partial charge on any atom is -0.378 e. The molecule has 1 amide bonds. The lowest BCUT2D eigenvalue weighted by Gasteiger charge is -2.11. The zero-order valence-corrected chi connectivity index (χ0v) is 15.1. The molecule has 0 radical (unpaired) electrons. The fraction of sp³-hybridized carbons (Fsp3) is 0.263. The molecular formula is C19H23N3OS. The number of anilines is 1. The van der Waals surface area contributed by atoms with Gasteiger partial charge in [0.15, 0.2) is 0 Å². The molecule has 0 aliphatic rings. The Morgan fingerprint density at radius 3 is 2.54 bits per heavy atom. The molecule has 0 atom stereocenters. The summed E-state index contributed by atoms with van der Waals surface area (Å²) in [6.45, 7) is 2.09. The van der Waals surface area contributed by atoms with Crippen molar-refractivity contribution < 1.29 is 4.79 Å². The molecule has 0 aromatic heterocycles. The summed E-state index contributed by atoms with van der Waals surface area (Å²) in [7, 11) is 4.00. The van der Waals surface area contributed by atoms with Crippen molar-refractivity contribution in [1.82, 2.24) is 5.43 Å². The Labute approximate surface area is 148 Å². The number of nitrogens with zero attached hydrogens (tertiary/aromatic N) is 2. The lowest BCUT2D eigenvalue weighted by molar-refractivity contribution is -0.118. The average Bonchev–Trinajstić information content (AvgIpc) is 2.57. The second kappa shape index (κ2) is 9.13. The van der Waals surface area contributed by atoms with Crippen LogP contribution in [0.5, 0.6) is 0 Å². The summed E-state index contributed by atoms with van der Waals surface area (Å²) in [6, 6.07) is 16.2. The Bertz CT molecular complexity index is 696. The van der Waals surface area contributed by atoms with Crippen molar-refractivity contribution in [3.63, 3.8) is 0 Å². The van der Waals surface area contributed by atoms with Gasteiger partial charge >= 0.3 is 0 Å². The Kier molecular flexibility index (Phi) is 6.88. The molecule has 2 rings (SSSR count). The van der Waals surface area contributed by atoms with E-state index in [9.17, 15) is 4.79 Å². The summed E-state index contributed by atoms with van der Waals surface area (Å²) in [6.07, 6.45) is 1.66. The van der Waals surface area contributed by atoms with E-state index in [1.807, 2.05) is 55.4 Å². The monoisotopic (exact) mass is 341 g/mol. The zero-order valence-electron chi connectivity index (χ0n) is 14.3. The fourth-order valence-corrected chi connectivity index (χ4v) is 2.99. The number of carbonyl (C=O) groups excluding carboxylic acids is 1. The first-order valence-corrected chi connectivity index (χ1v) is 8.93.